The number of carbonyl (C=O) groups is 3. The minimum atomic E-state index is -0.792. The molecular formula is C19H19NO6. The number of esters is 1. The van der Waals surface area contributed by atoms with E-state index < -0.39 is 12.1 Å². The van der Waals surface area contributed by atoms with Gasteiger partial charge in [-0.15, -0.1) is 0 Å². The Kier molecular flexibility index (Phi) is 6.73. The Balaban J connectivity index is 1.89. The largest absolute Gasteiger partial charge is 0.513 e. The summed E-state index contributed by atoms with van der Waals surface area (Å²) in [4.78, 5) is 34.8. The van der Waals surface area contributed by atoms with E-state index in [9.17, 15) is 14.4 Å². The van der Waals surface area contributed by atoms with Gasteiger partial charge in [-0.3, -0.25) is 4.79 Å². The van der Waals surface area contributed by atoms with Crippen molar-refractivity contribution in [2.45, 2.75) is 13.5 Å². The zero-order chi connectivity index (χ0) is 18.9. The lowest BCUT2D eigenvalue weighted by Gasteiger charge is -2.07. The quantitative estimate of drug-likeness (QED) is 0.631. The van der Waals surface area contributed by atoms with Gasteiger partial charge in [-0.2, -0.15) is 0 Å². The number of carbonyl (C=O) groups excluding carboxylic acids is 3. The van der Waals surface area contributed by atoms with Crippen LogP contribution in [0.15, 0.2) is 48.5 Å². The molecule has 2 aromatic rings. The zero-order valence-electron chi connectivity index (χ0n) is 14.5. The Morgan fingerprint density at radius 2 is 1.54 bits per heavy atom. The van der Waals surface area contributed by atoms with E-state index in [1.807, 2.05) is 0 Å². The van der Waals surface area contributed by atoms with Gasteiger partial charge in [-0.1, -0.05) is 12.1 Å². The number of benzene rings is 2. The number of ether oxygens (including phenoxy) is 3. The highest BCUT2D eigenvalue weighted by atomic mass is 16.7. The van der Waals surface area contributed by atoms with Crippen molar-refractivity contribution in [3.8, 4) is 5.75 Å². The van der Waals surface area contributed by atoms with E-state index in [1.165, 1.54) is 19.2 Å². The molecule has 0 unspecified atom stereocenters. The molecule has 0 saturated carbocycles. The summed E-state index contributed by atoms with van der Waals surface area (Å²) < 4.78 is 14.2. The first kappa shape index (κ1) is 19.0. The summed E-state index contributed by atoms with van der Waals surface area (Å²) in [6.07, 6.45) is -0.792. The van der Waals surface area contributed by atoms with Crippen molar-refractivity contribution < 1.29 is 28.6 Å². The van der Waals surface area contributed by atoms with Crippen molar-refractivity contribution in [2.75, 3.05) is 13.7 Å². The molecule has 0 aliphatic rings. The Hall–Kier alpha value is -3.35. The summed E-state index contributed by atoms with van der Waals surface area (Å²) in [5.74, 6) is -0.395. The molecule has 0 atom stereocenters. The molecule has 0 fully saturated rings. The number of methoxy groups -OCH3 is 1. The summed E-state index contributed by atoms with van der Waals surface area (Å²) in [6.45, 7) is 2.21. The lowest BCUT2D eigenvalue weighted by molar-refractivity contribution is 0.0600. The molecule has 2 aromatic carbocycles. The fraction of sp³-hybridized carbons (Fsp3) is 0.211. The van der Waals surface area contributed by atoms with Gasteiger partial charge in [0.2, 0.25) is 0 Å². The molecule has 0 aromatic heterocycles. The van der Waals surface area contributed by atoms with Crippen molar-refractivity contribution in [1.29, 1.82) is 0 Å². The van der Waals surface area contributed by atoms with E-state index >= 15 is 0 Å². The predicted octanol–water partition coefficient (Wildman–Crippen LogP) is 2.94. The van der Waals surface area contributed by atoms with E-state index in [4.69, 9.17) is 4.74 Å². The van der Waals surface area contributed by atoms with Crippen molar-refractivity contribution >= 4 is 18.0 Å². The highest BCUT2D eigenvalue weighted by Gasteiger charge is 2.09. The standard InChI is InChI=1S/C19H19NO6/c1-3-25-19(23)26-16-10-8-14(9-11-16)17(21)20-12-13-4-6-15(7-5-13)18(22)24-2/h4-11H,3,12H2,1-2H3,(H,20,21). The zero-order valence-corrected chi connectivity index (χ0v) is 14.5. The number of nitrogens with one attached hydrogen (secondary N) is 1. The highest BCUT2D eigenvalue weighted by Crippen LogP contribution is 2.13. The van der Waals surface area contributed by atoms with Crippen LogP contribution in [0.3, 0.4) is 0 Å². The monoisotopic (exact) mass is 357 g/mol. The van der Waals surface area contributed by atoms with Crippen LogP contribution in [-0.4, -0.2) is 31.7 Å². The van der Waals surface area contributed by atoms with E-state index in [2.05, 4.69) is 14.8 Å². The first-order chi connectivity index (χ1) is 12.5. The van der Waals surface area contributed by atoms with Gasteiger partial charge < -0.3 is 19.5 Å². The second kappa shape index (κ2) is 9.22. The average Bonchev–Trinajstić information content (AvgIpc) is 2.66. The molecule has 0 aliphatic carbocycles. The molecule has 136 valence electrons. The Morgan fingerprint density at radius 3 is 2.12 bits per heavy atom. The van der Waals surface area contributed by atoms with E-state index in [0.717, 1.165) is 5.56 Å². The first-order valence-corrected chi connectivity index (χ1v) is 7.93. The van der Waals surface area contributed by atoms with Crippen LogP contribution in [0.4, 0.5) is 4.79 Å². The van der Waals surface area contributed by atoms with Crippen LogP contribution < -0.4 is 10.1 Å². The van der Waals surface area contributed by atoms with Crippen molar-refractivity contribution in [1.82, 2.24) is 5.32 Å². The smallest absolute Gasteiger partial charge is 0.465 e. The van der Waals surface area contributed by atoms with Gasteiger partial charge in [0.1, 0.15) is 5.75 Å². The number of amides is 1. The van der Waals surface area contributed by atoms with Crippen LogP contribution in [0.1, 0.15) is 33.2 Å². The predicted molar refractivity (Wildman–Crippen MR) is 93.0 cm³/mol. The number of hydrogen-bond donors (Lipinski definition) is 1. The molecule has 2 rings (SSSR count). The van der Waals surface area contributed by atoms with E-state index in [1.54, 1.807) is 43.3 Å². The minimum Gasteiger partial charge on any atom is -0.465 e. The normalized spacial score (nSPS) is 9.92. The van der Waals surface area contributed by atoms with Crippen LogP contribution in [0, 0.1) is 0 Å². The SMILES string of the molecule is CCOC(=O)Oc1ccc(C(=O)NCc2ccc(C(=O)OC)cc2)cc1. The fourth-order valence-corrected chi connectivity index (χ4v) is 2.08. The van der Waals surface area contributed by atoms with E-state index in [-0.39, 0.29) is 12.5 Å². The maximum Gasteiger partial charge on any atom is 0.513 e. The van der Waals surface area contributed by atoms with Gasteiger partial charge in [0.15, 0.2) is 0 Å². The van der Waals surface area contributed by atoms with Gasteiger partial charge in [-0.25, -0.2) is 9.59 Å². The molecular weight excluding hydrogens is 338 g/mol. The molecule has 26 heavy (non-hydrogen) atoms. The Morgan fingerprint density at radius 1 is 0.923 bits per heavy atom. The molecule has 1 N–H and O–H groups in total. The third kappa shape index (κ3) is 5.34. The van der Waals surface area contributed by atoms with Crippen LogP contribution in [0.5, 0.6) is 5.75 Å². The van der Waals surface area contributed by atoms with Gasteiger partial charge in [0.05, 0.1) is 19.3 Å². The summed E-state index contributed by atoms with van der Waals surface area (Å²) in [5, 5.41) is 2.77. The molecule has 7 nitrogen and oxygen atoms in total. The second-order valence-electron chi connectivity index (χ2n) is 5.18. The van der Waals surface area contributed by atoms with Gasteiger partial charge in [0, 0.05) is 12.1 Å². The van der Waals surface area contributed by atoms with Gasteiger partial charge in [0.25, 0.3) is 5.91 Å². The maximum absolute atomic E-state index is 12.2. The Labute approximate surface area is 150 Å². The van der Waals surface area contributed by atoms with Gasteiger partial charge >= 0.3 is 12.1 Å². The van der Waals surface area contributed by atoms with Crippen molar-refractivity contribution in [3.05, 3.63) is 65.2 Å². The molecule has 7 heteroatoms. The summed E-state index contributed by atoms with van der Waals surface area (Å²) >= 11 is 0. The first-order valence-electron chi connectivity index (χ1n) is 7.93. The molecule has 0 radical (unpaired) electrons. The lowest BCUT2D eigenvalue weighted by Crippen LogP contribution is -2.22. The number of rotatable bonds is 6. The third-order valence-electron chi connectivity index (χ3n) is 3.41. The lowest BCUT2D eigenvalue weighted by atomic mass is 10.1. The molecule has 0 bridgehead atoms. The molecule has 0 heterocycles. The number of hydrogen-bond acceptors (Lipinski definition) is 6. The van der Waals surface area contributed by atoms with Crippen LogP contribution in [0.25, 0.3) is 0 Å². The summed E-state index contributed by atoms with van der Waals surface area (Å²) in [7, 11) is 1.32. The maximum atomic E-state index is 12.2. The Bertz CT molecular complexity index is 768. The molecule has 0 spiro atoms. The third-order valence-corrected chi connectivity index (χ3v) is 3.41. The topological polar surface area (TPSA) is 90.9 Å². The van der Waals surface area contributed by atoms with E-state index in [0.29, 0.717) is 23.4 Å². The minimum absolute atomic E-state index is 0.222. The fourth-order valence-electron chi connectivity index (χ4n) is 2.08. The summed E-state index contributed by atoms with van der Waals surface area (Å²) in [6, 6.07) is 12.9. The highest BCUT2D eigenvalue weighted by molar-refractivity contribution is 5.94. The average molecular weight is 357 g/mol. The van der Waals surface area contributed by atoms with Crippen molar-refractivity contribution in [3.63, 3.8) is 0 Å². The second-order valence-corrected chi connectivity index (χ2v) is 5.18. The molecule has 0 aliphatic heterocycles. The summed E-state index contributed by atoms with van der Waals surface area (Å²) in [5.41, 5.74) is 1.71. The van der Waals surface area contributed by atoms with Crippen LogP contribution in [0.2, 0.25) is 0 Å². The van der Waals surface area contributed by atoms with Crippen LogP contribution >= 0.6 is 0 Å². The van der Waals surface area contributed by atoms with Crippen molar-refractivity contribution in [2.24, 2.45) is 0 Å². The molecule has 0 saturated heterocycles. The van der Waals surface area contributed by atoms with Crippen LogP contribution in [-0.2, 0) is 16.0 Å². The molecule has 1 amide bonds. The van der Waals surface area contributed by atoms with Gasteiger partial charge in [-0.05, 0) is 48.9 Å².